The second kappa shape index (κ2) is 4.00. The molecule has 0 spiro atoms. The van der Waals surface area contributed by atoms with E-state index in [1.165, 1.54) is 0 Å². The average Bonchev–Trinajstić information content (AvgIpc) is 2.01. The summed E-state index contributed by atoms with van der Waals surface area (Å²) in [5.74, 6) is 0. The molecular weight excluding hydrogens is 285 g/mol. The molecule has 78 valence electrons. The Morgan fingerprint density at radius 1 is 1.36 bits per heavy atom. The molecule has 0 amide bonds. The smallest absolute Gasteiger partial charge is 0.417 e. The quantitative estimate of drug-likeness (QED) is 0.745. The molecule has 0 aliphatic rings. The first-order valence-electron chi connectivity index (χ1n) is 3.29. The molecule has 0 aromatic heterocycles. The fourth-order valence-corrected chi connectivity index (χ4v) is 2.19. The van der Waals surface area contributed by atoms with E-state index in [2.05, 4.69) is 15.9 Å². The molecule has 0 radical (unpaired) electrons. The van der Waals surface area contributed by atoms with Gasteiger partial charge in [0.15, 0.2) is 0 Å². The van der Waals surface area contributed by atoms with Crippen LogP contribution in [0.25, 0.3) is 0 Å². The number of rotatable bonds is 1. The summed E-state index contributed by atoms with van der Waals surface area (Å²) in [5, 5.41) is 0. The lowest BCUT2D eigenvalue weighted by Crippen LogP contribution is -2.07. The molecule has 1 atom stereocenters. The van der Waals surface area contributed by atoms with E-state index in [-0.39, 0.29) is 0 Å². The Bertz CT molecular complexity index is 378. The van der Waals surface area contributed by atoms with Crippen LogP contribution in [0.2, 0.25) is 0 Å². The zero-order valence-electron chi connectivity index (χ0n) is 6.47. The van der Waals surface area contributed by atoms with Crippen LogP contribution in [-0.4, -0.2) is 8.76 Å². The molecular formula is C7H3BrF3O2S-. The van der Waals surface area contributed by atoms with Gasteiger partial charge >= 0.3 is 6.18 Å². The molecule has 7 heteroatoms. The second-order valence-corrected chi connectivity index (χ2v) is 4.05. The maximum Gasteiger partial charge on any atom is 0.417 e. The minimum absolute atomic E-state index is 0.403. The summed E-state index contributed by atoms with van der Waals surface area (Å²) < 4.78 is 57.3. The highest BCUT2D eigenvalue weighted by Gasteiger charge is 2.33. The van der Waals surface area contributed by atoms with Gasteiger partial charge in [-0.2, -0.15) is 13.2 Å². The van der Waals surface area contributed by atoms with Gasteiger partial charge in [-0.1, -0.05) is 6.07 Å². The maximum atomic E-state index is 12.3. The Hall–Kier alpha value is -0.400. The molecule has 0 aliphatic carbocycles. The summed E-state index contributed by atoms with van der Waals surface area (Å²) in [5.41, 5.74) is -1.00. The minimum Gasteiger partial charge on any atom is -0.768 e. The molecule has 0 saturated carbocycles. The number of benzene rings is 1. The minimum atomic E-state index is -4.56. The van der Waals surface area contributed by atoms with Crippen LogP contribution < -0.4 is 0 Å². The van der Waals surface area contributed by atoms with Gasteiger partial charge in [0, 0.05) is 9.37 Å². The van der Waals surface area contributed by atoms with Crippen LogP contribution >= 0.6 is 15.9 Å². The summed E-state index contributed by atoms with van der Waals surface area (Å²) in [6.07, 6.45) is -4.56. The molecule has 2 nitrogen and oxygen atoms in total. The summed E-state index contributed by atoms with van der Waals surface area (Å²) in [6.45, 7) is 0. The van der Waals surface area contributed by atoms with E-state index >= 15 is 0 Å². The highest BCUT2D eigenvalue weighted by molar-refractivity contribution is 9.10. The standard InChI is InChI=1S/C7H4BrF3O2S/c8-6-4(7(9,10)11)2-1-3-5(6)14(12)13/h1-3H,(H,12,13)/p-1. The summed E-state index contributed by atoms with van der Waals surface area (Å²) >= 11 is -0.0779. The van der Waals surface area contributed by atoms with Gasteiger partial charge < -0.3 is 4.55 Å². The molecule has 0 bridgehead atoms. The summed E-state index contributed by atoms with van der Waals surface area (Å²) in [6, 6.07) is 2.93. The Balaban J connectivity index is 3.35. The van der Waals surface area contributed by atoms with Crippen LogP contribution in [0.4, 0.5) is 13.2 Å². The predicted octanol–water partition coefficient (Wildman–Crippen LogP) is 2.71. The average molecular weight is 288 g/mol. The van der Waals surface area contributed by atoms with Gasteiger partial charge in [-0.25, -0.2) is 0 Å². The van der Waals surface area contributed by atoms with Crippen molar-refractivity contribution in [3.05, 3.63) is 28.2 Å². The number of halogens is 4. The van der Waals surface area contributed by atoms with Gasteiger partial charge in [0.25, 0.3) is 0 Å². The molecule has 0 heterocycles. The van der Waals surface area contributed by atoms with E-state index in [1.807, 2.05) is 0 Å². The third-order valence-corrected chi connectivity index (χ3v) is 3.26. The molecule has 1 aromatic carbocycles. The zero-order valence-corrected chi connectivity index (χ0v) is 8.87. The van der Waals surface area contributed by atoms with E-state index in [0.717, 1.165) is 18.2 Å². The zero-order chi connectivity index (χ0) is 10.9. The molecule has 0 saturated heterocycles. The lowest BCUT2D eigenvalue weighted by atomic mass is 10.2. The van der Waals surface area contributed by atoms with Crippen molar-refractivity contribution < 1.29 is 21.9 Å². The maximum absolute atomic E-state index is 12.3. The predicted molar refractivity (Wildman–Crippen MR) is 46.3 cm³/mol. The number of alkyl halides is 3. The van der Waals surface area contributed by atoms with Crippen molar-refractivity contribution in [3.8, 4) is 0 Å². The van der Waals surface area contributed by atoms with E-state index in [0.29, 0.717) is 0 Å². The Morgan fingerprint density at radius 3 is 2.36 bits per heavy atom. The summed E-state index contributed by atoms with van der Waals surface area (Å²) in [7, 11) is 0. The molecule has 0 aliphatic heterocycles. The van der Waals surface area contributed by atoms with E-state index in [9.17, 15) is 21.9 Å². The Morgan fingerprint density at radius 2 is 1.93 bits per heavy atom. The molecule has 0 fully saturated rings. The molecule has 1 unspecified atom stereocenters. The lowest BCUT2D eigenvalue weighted by molar-refractivity contribution is -0.138. The van der Waals surface area contributed by atoms with Gasteiger partial charge in [-0.3, -0.25) is 4.21 Å². The normalized spacial score (nSPS) is 14.1. The third-order valence-electron chi connectivity index (χ3n) is 1.45. The lowest BCUT2D eigenvalue weighted by Gasteiger charge is -2.13. The van der Waals surface area contributed by atoms with Crippen molar-refractivity contribution in [1.82, 2.24) is 0 Å². The number of hydrogen-bond donors (Lipinski definition) is 0. The van der Waals surface area contributed by atoms with E-state index in [1.54, 1.807) is 0 Å². The highest BCUT2D eigenvalue weighted by atomic mass is 79.9. The highest BCUT2D eigenvalue weighted by Crippen LogP contribution is 2.37. The van der Waals surface area contributed by atoms with Gasteiger partial charge in [0.05, 0.1) is 5.56 Å². The fourth-order valence-electron chi connectivity index (χ4n) is 0.858. The van der Waals surface area contributed by atoms with Gasteiger partial charge in [-0.15, -0.1) is 0 Å². The monoisotopic (exact) mass is 287 g/mol. The van der Waals surface area contributed by atoms with Crippen LogP contribution in [0.1, 0.15) is 5.56 Å². The Labute approximate surface area is 88.5 Å². The first-order valence-corrected chi connectivity index (χ1v) is 5.16. The number of hydrogen-bond acceptors (Lipinski definition) is 2. The molecule has 1 rings (SSSR count). The van der Waals surface area contributed by atoms with Gasteiger partial charge in [-0.05, 0) is 39.1 Å². The summed E-state index contributed by atoms with van der Waals surface area (Å²) in [4.78, 5) is -0.403. The topological polar surface area (TPSA) is 40.1 Å². The molecule has 0 N–H and O–H groups in total. The van der Waals surface area contributed by atoms with Gasteiger partial charge in [0.2, 0.25) is 0 Å². The first kappa shape index (κ1) is 11.7. The third kappa shape index (κ3) is 2.34. The Kier molecular flexibility index (Phi) is 3.33. The molecule has 1 aromatic rings. The van der Waals surface area contributed by atoms with Crippen LogP contribution in [0.3, 0.4) is 0 Å². The SMILES string of the molecule is O=S([O-])c1cccc(C(F)(F)F)c1Br. The first-order chi connectivity index (χ1) is 6.34. The van der Waals surface area contributed by atoms with Crippen molar-refractivity contribution in [2.24, 2.45) is 0 Å². The fraction of sp³-hybridized carbons (Fsp3) is 0.143. The van der Waals surface area contributed by atoms with Crippen LogP contribution in [0.15, 0.2) is 27.6 Å². The van der Waals surface area contributed by atoms with Crippen LogP contribution in [0, 0.1) is 0 Å². The van der Waals surface area contributed by atoms with E-state index < -0.39 is 32.2 Å². The molecule has 14 heavy (non-hydrogen) atoms. The second-order valence-electron chi connectivity index (χ2n) is 2.35. The van der Waals surface area contributed by atoms with Crippen molar-refractivity contribution in [1.29, 1.82) is 0 Å². The van der Waals surface area contributed by atoms with Gasteiger partial charge in [0.1, 0.15) is 0 Å². The van der Waals surface area contributed by atoms with Crippen LogP contribution in [-0.2, 0) is 17.3 Å². The van der Waals surface area contributed by atoms with Crippen molar-refractivity contribution >= 4 is 27.0 Å². The van der Waals surface area contributed by atoms with E-state index in [4.69, 9.17) is 0 Å². The van der Waals surface area contributed by atoms with Crippen molar-refractivity contribution in [2.45, 2.75) is 11.1 Å². The van der Waals surface area contributed by atoms with Crippen LogP contribution in [0.5, 0.6) is 0 Å². The van der Waals surface area contributed by atoms with Crippen molar-refractivity contribution in [3.63, 3.8) is 0 Å². The van der Waals surface area contributed by atoms with Crippen molar-refractivity contribution in [2.75, 3.05) is 0 Å². The largest absolute Gasteiger partial charge is 0.768 e.